The monoisotopic (exact) mass is 199 g/mol. The maximum atomic E-state index is 10.4. The van der Waals surface area contributed by atoms with Crippen LogP contribution in [0.1, 0.15) is 38.5 Å². The second-order valence-electron chi connectivity index (χ2n) is 3.95. The highest BCUT2D eigenvalue weighted by molar-refractivity contribution is 5.66. The molecule has 1 aliphatic carbocycles. The molecule has 1 atom stereocenters. The minimum atomic E-state index is -0.795. The predicted octanol–water partition coefficient (Wildman–Crippen LogP) is 1.16. The normalized spacial score (nSPS) is 18.3. The van der Waals surface area contributed by atoms with Crippen LogP contribution in [-0.2, 0) is 9.59 Å². The summed E-state index contributed by atoms with van der Waals surface area (Å²) in [6.45, 7) is 0. The third-order valence-electron chi connectivity index (χ3n) is 2.85. The van der Waals surface area contributed by atoms with E-state index >= 15 is 0 Å². The molecule has 2 N–H and O–H groups in total. The second-order valence-corrected chi connectivity index (χ2v) is 3.95. The van der Waals surface area contributed by atoms with Crippen LogP contribution in [0.2, 0.25) is 0 Å². The minimum Gasteiger partial charge on any atom is -0.481 e. The van der Waals surface area contributed by atoms with Crippen molar-refractivity contribution >= 4 is 12.4 Å². The number of nitrogens with one attached hydrogen (secondary N) is 1. The van der Waals surface area contributed by atoms with Crippen molar-refractivity contribution in [2.24, 2.45) is 5.92 Å². The van der Waals surface area contributed by atoms with Gasteiger partial charge in [-0.25, -0.2) is 0 Å². The van der Waals surface area contributed by atoms with Gasteiger partial charge in [0.05, 0.1) is 0 Å². The summed E-state index contributed by atoms with van der Waals surface area (Å²) in [5.74, 6) is -0.0995. The van der Waals surface area contributed by atoms with Crippen molar-refractivity contribution in [1.82, 2.24) is 5.32 Å². The first-order valence-corrected chi connectivity index (χ1v) is 5.14. The lowest BCUT2D eigenvalue weighted by Gasteiger charge is -2.29. The lowest BCUT2D eigenvalue weighted by atomic mass is 9.80. The lowest BCUT2D eigenvalue weighted by molar-refractivity contribution is -0.137. The molecule has 0 bridgehead atoms. The number of carboxylic acid groups (broad SMARTS) is 1. The van der Waals surface area contributed by atoms with Crippen molar-refractivity contribution in [2.45, 2.75) is 44.6 Å². The number of carbonyl (C=O) groups is 2. The number of hydrogen-bond acceptors (Lipinski definition) is 2. The van der Waals surface area contributed by atoms with E-state index in [0.717, 1.165) is 6.42 Å². The highest BCUT2D eigenvalue weighted by atomic mass is 16.4. The molecule has 1 unspecified atom stereocenters. The number of carboxylic acids is 1. The van der Waals surface area contributed by atoms with Gasteiger partial charge in [0.2, 0.25) is 6.41 Å². The topological polar surface area (TPSA) is 66.4 Å². The van der Waals surface area contributed by atoms with Gasteiger partial charge >= 0.3 is 5.97 Å². The molecule has 14 heavy (non-hydrogen) atoms. The molecular formula is C10H17NO3. The molecule has 0 aliphatic heterocycles. The molecule has 1 saturated carbocycles. The minimum absolute atomic E-state index is 0.0499. The van der Waals surface area contributed by atoms with Crippen molar-refractivity contribution < 1.29 is 14.7 Å². The summed E-state index contributed by atoms with van der Waals surface area (Å²) in [5, 5.41) is 11.2. The van der Waals surface area contributed by atoms with E-state index in [-0.39, 0.29) is 12.5 Å². The Morgan fingerprint density at radius 1 is 1.57 bits per heavy atom. The second kappa shape index (κ2) is 5.62. The molecule has 1 fully saturated rings. The Morgan fingerprint density at radius 2 is 2.29 bits per heavy atom. The van der Waals surface area contributed by atoms with Crippen LogP contribution in [0.15, 0.2) is 0 Å². The Labute approximate surface area is 83.7 Å². The van der Waals surface area contributed by atoms with Crippen LogP contribution in [-0.4, -0.2) is 23.5 Å². The summed E-state index contributed by atoms with van der Waals surface area (Å²) in [6.07, 6.45) is 6.02. The molecule has 1 aliphatic rings. The molecule has 0 aromatic heterocycles. The Balaban J connectivity index is 2.21. The van der Waals surface area contributed by atoms with Crippen LogP contribution >= 0.6 is 0 Å². The molecule has 0 aromatic rings. The highest BCUT2D eigenvalue weighted by Gasteiger charge is 2.22. The maximum absolute atomic E-state index is 10.4. The van der Waals surface area contributed by atoms with Gasteiger partial charge in [-0.2, -0.15) is 0 Å². The van der Waals surface area contributed by atoms with E-state index in [1.54, 1.807) is 0 Å². The Bertz CT molecular complexity index is 202. The lowest BCUT2D eigenvalue weighted by Crippen LogP contribution is -2.32. The van der Waals surface area contributed by atoms with E-state index in [9.17, 15) is 9.59 Å². The average Bonchev–Trinajstić information content (AvgIpc) is 2.06. The molecule has 1 rings (SSSR count). The van der Waals surface area contributed by atoms with Gasteiger partial charge in [0.15, 0.2) is 0 Å². The van der Waals surface area contributed by atoms with E-state index in [2.05, 4.69) is 5.32 Å². The Kier molecular flexibility index (Phi) is 4.43. The summed E-state index contributed by atoms with van der Waals surface area (Å²) in [5.41, 5.74) is 0. The van der Waals surface area contributed by atoms with Gasteiger partial charge in [-0.05, 0) is 18.8 Å². The molecule has 4 nitrogen and oxygen atoms in total. The molecule has 1 amide bonds. The van der Waals surface area contributed by atoms with Gasteiger partial charge in [-0.15, -0.1) is 0 Å². The first-order valence-electron chi connectivity index (χ1n) is 5.14. The first kappa shape index (κ1) is 11.0. The smallest absolute Gasteiger partial charge is 0.303 e. The van der Waals surface area contributed by atoms with Crippen LogP contribution in [0.25, 0.3) is 0 Å². The predicted molar refractivity (Wildman–Crippen MR) is 51.8 cm³/mol. The van der Waals surface area contributed by atoms with E-state index < -0.39 is 5.97 Å². The largest absolute Gasteiger partial charge is 0.481 e. The SMILES string of the molecule is O=CNC(CCC(=O)O)CC1CCC1. The number of hydrogen-bond donors (Lipinski definition) is 2. The fourth-order valence-electron chi connectivity index (χ4n) is 1.79. The Hall–Kier alpha value is -1.06. The van der Waals surface area contributed by atoms with Gasteiger partial charge in [0, 0.05) is 12.5 Å². The van der Waals surface area contributed by atoms with E-state index in [0.29, 0.717) is 18.7 Å². The maximum Gasteiger partial charge on any atom is 0.303 e. The third kappa shape index (κ3) is 3.77. The van der Waals surface area contributed by atoms with E-state index in [1.165, 1.54) is 19.3 Å². The molecule has 0 spiro atoms. The zero-order chi connectivity index (χ0) is 10.4. The van der Waals surface area contributed by atoms with Crippen molar-refractivity contribution in [3.8, 4) is 0 Å². The number of amides is 1. The van der Waals surface area contributed by atoms with Crippen LogP contribution in [0.3, 0.4) is 0 Å². The number of carbonyl (C=O) groups excluding carboxylic acids is 1. The van der Waals surface area contributed by atoms with E-state index in [1.807, 2.05) is 0 Å². The van der Waals surface area contributed by atoms with Crippen molar-refractivity contribution in [3.05, 3.63) is 0 Å². The summed E-state index contributed by atoms with van der Waals surface area (Å²) >= 11 is 0. The van der Waals surface area contributed by atoms with Gasteiger partial charge in [-0.1, -0.05) is 19.3 Å². The average molecular weight is 199 g/mol. The summed E-state index contributed by atoms with van der Waals surface area (Å²) in [4.78, 5) is 20.7. The summed E-state index contributed by atoms with van der Waals surface area (Å²) < 4.78 is 0. The highest BCUT2D eigenvalue weighted by Crippen LogP contribution is 2.31. The van der Waals surface area contributed by atoms with Crippen molar-refractivity contribution in [1.29, 1.82) is 0 Å². The number of aliphatic carboxylic acids is 1. The van der Waals surface area contributed by atoms with Crippen LogP contribution in [0.4, 0.5) is 0 Å². The van der Waals surface area contributed by atoms with Gasteiger partial charge in [0.1, 0.15) is 0 Å². The van der Waals surface area contributed by atoms with Gasteiger partial charge < -0.3 is 10.4 Å². The van der Waals surface area contributed by atoms with Crippen LogP contribution in [0, 0.1) is 5.92 Å². The van der Waals surface area contributed by atoms with Crippen LogP contribution < -0.4 is 5.32 Å². The molecule has 0 saturated heterocycles. The molecule has 0 aromatic carbocycles. The zero-order valence-electron chi connectivity index (χ0n) is 8.24. The van der Waals surface area contributed by atoms with Gasteiger partial charge in [0.25, 0.3) is 0 Å². The zero-order valence-corrected chi connectivity index (χ0v) is 8.24. The quantitative estimate of drug-likeness (QED) is 0.604. The fraction of sp³-hybridized carbons (Fsp3) is 0.800. The molecule has 80 valence electrons. The van der Waals surface area contributed by atoms with E-state index in [4.69, 9.17) is 5.11 Å². The molecule has 0 radical (unpaired) electrons. The molecule has 4 heteroatoms. The molecule has 0 heterocycles. The Morgan fingerprint density at radius 3 is 2.71 bits per heavy atom. The fourth-order valence-corrected chi connectivity index (χ4v) is 1.79. The van der Waals surface area contributed by atoms with Gasteiger partial charge in [-0.3, -0.25) is 9.59 Å². The van der Waals surface area contributed by atoms with Crippen molar-refractivity contribution in [3.63, 3.8) is 0 Å². The van der Waals surface area contributed by atoms with Crippen LogP contribution in [0.5, 0.6) is 0 Å². The summed E-state index contributed by atoms with van der Waals surface area (Å²) in [6, 6.07) is 0.0499. The standard InChI is InChI=1S/C10H17NO3/c12-7-11-9(4-5-10(13)14)6-8-2-1-3-8/h7-9H,1-6H2,(H,11,12)(H,13,14). The summed E-state index contributed by atoms with van der Waals surface area (Å²) in [7, 11) is 0. The first-order chi connectivity index (χ1) is 6.72. The molecular weight excluding hydrogens is 182 g/mol. The third-order valence-corrected chi connectivity index (χ3v) is 2.85. The van der Waals surface area contributed by atoms with Crippen molar-refractivity contribution in [2.75, 3.05) is 0 Å². The number of rotatable bonds is 7.